The van der Waals surface area contributed by atoms with Crippen LogP contribution in [-0.4, -0.2) is 25.2 Å². The zero-order chi connectivity index (χ0) is 19.7. The van der Waals surface area contributed by atoms with Gasteiger partial charge in [0.1, 0.15) is 17.2 Å². The molecule has 0 aliphatic heterocycles. The third-order valence-electron chi connectivity index (χ3n) is 4.33. The Hall–Kier alpha value is -3.33. The first-order chi connectivity index (χ1) is 13.5. The van der Waals surface area contributed by atoms with Crippen molar-refractivity contribution in [2.75, 3.05) is 0 Å². The fraction of sp³-hybridized carbons (Fsp3) is 0.158. The number of nitrogens with zero attached hydrogens (tertiary/aromatic N) is 4. The summed E-state index contributed by atoms with van der Waals surface area (Å²) in [5.74, 6) is -0.613. The van der Waals surface area contributed by atoms with Crippen LogP contribution >= 0.6 is 11.3 Å². The summed E-state index contributed by atoms with van der Waals surface area (Å²) in [5, 5.41) is 9.50. The normalized spacial score (nSPS) is 11.1. The van der Waals surface area contributed by atoms with Gasteiger partial charge in [-0.15, -0.1) is 11.3 Å². The summed E-state index contributed by atoms with van der Waals surface area (Å²) < 4.78 is 16.0. The van der Waals surface area contributed by atoms with Crippen LogP contribution in [0.4, 0.5) is 4.39 Å². The van der Waals surface area contributed by atoms with Gasteiger partial charge in [0.2, 0.25) is 5.91 Å². The molecule has 1 amide bonds. The third-order valence-corrected chi connectivity index (χ3v) is 5.15. The van der Waals surface area contributed by atoms with E-state index >= 15 is 0 Å². The number of rotatable bonds is 5. The molecule has 0 atom stereocenters. The summed E-state index contributed by atoms with van der Waals surface area (Å²) in [6.07, 6.45) is 3.17. The Morgan fingerprint density at radius 1 is 1.25 bits per heavy atom. The molecule has 0 spiro atoms. The highest BCUT2D eigenvalue weighted by molar-refractivity contribution is 7.16. The second-order valence-corrected chi connectivity index (χ2v) is 7.15. The molecule has 3 heterocycles. The van der Waals surface area contributed by atoms with Crippen molar-refractivity contribution in [2.24, 2.45) is 0 Å². The Morgan fingerprint density at radius 2 is 2.04 bits per heavy atom. The molecule has 3 aromatic heterocycles. The van der Waals surface area contributed by atoms with Crippen LogP contribution in [-0.2, 0) is 17.9 Å². The average molecular weight is 397 g/mol. The van der Waals surface area contributed by atoms with Crippen LogP contribution in [0.3, 0.4) is 0 Å². The Labute approximate surface area is 163 Å². The molecule has 0 radical (unpaired) electrons. The lowest BCUT2D eigenvalue weighted by molar-refractivity contribution is -0.121. The minimum absolute atomic E-state index is 0.108. The van der Waals surface area contributed by atoms with Gasteiger partial charge in [-0.3, -0.25) is 14.2 Å². The SMILES string of the molecule is Cc1nn(-c2ccc(F)cc2)cc1CNC(=O)Cn1cnc2sccc2c1=O. The van der Waals surface area contributed by atoms with Crippen LogP contribution in [0.15, 0.2) is 53.0 Å². The van der Waals surface area contributed by atoms with E-state index in [9.17, 15) is 14.0 Å². The second-order valence-electron chi connectivity index (χ2n) is 6.25. The minimum Gasteiger partial charge on any atom is -0.350 e. The third kappa shape index (κ3) is 3.56. The van der Waals surface area contributed by atoms with E-state index in [0.717, 1.165) is 16.9 Å². The number of fused-ring (bicyclic) bond motifs is 1. The summed E-state index contributed by atoms with van der Waals surface area (Å²) in [6, 6.07) is 7.69. The predicted molar refractivity (Wildman–Crippen MR) is 104 cm³/mol. The van der Waals surface area contributed by atoms with E-state index in [1.807, 2.05) is 6.92 Å². The summed E-state index contributed by atoms with van der Waals surface area (Å²) >= 11 is 1.38. The molecule has 4 aromatic rings. The van der Waals surface area contributed by atoms with Crippen molar-refractivity contribution in [3.05, 3.63) is 75.7 Å². The molecule has 0 saturated heterocycles. The lowest BCUT2D eigenvalue weighted by atomic mass is 10.2. The van der Waals surface area contributed by atoms with Crippen LogP contribution in [0.25, 0.3) is 15.9 Å². The second kappa shape index (κ2) is 7.35. The number of thiophene rings is 1. The molecule has 0 aliphatic carbocycles. The summed E-state index contributed by atoms with van der Waals surface area (Å²) in [4.78, 5) is 29.5. The standard InChI is InChI=1S/C19H16FN5O2S/c1-12-13(9-25(23-12)15-4-2-14(20)3-5-15)8-21-17(26)10-24-11-22-18-16(19(24)27)6-7-28-18/h2-7,9,11H,8,10H2,1H3,(H,21,26). The number of carbonyl (C=O) groups excluding carboxylic acids is 1. The number of amides is 1. The molecule has 1 N–H and O–H groups in total. The summed E-state index contributed by atoms with van der Waals surface area (Å²) in [6.45, 7) is 2.00. The molecule has 0 fully saturated rings. The van der Waals surface area contributed by atoms with E-state index in [0.29, 0.717) is 10.2 Å². The molecule has 7 nitrogen and oxygen atoms in total. The largest absolute Gasteiger partial charge is 0.350 e. The highest BCUT2D eigenvalue weighted by Gasteiger charge is 2.11. The Kier molecular flexibility index (Phi) is 4.74. The monoisotopic (exact) mass is 397 g/mol. The van der Waals surface area contributed by atoms with Gasteiger partial charge >= 0.3 is 0 Å². The first-order valence-corrected chi connectivity index (χ1v) is 9.39. The number of hydrogen-bond acceptors (Lipinski definition) is 5. The number of aromatic nitrogens is 4. The lowest BCUT2D eigenvalue weighted by Crippen LogP contribution is -2.32. The van der Waals surface area contributed by atoms with Crippen molar-refractivity contribution < 1.29 is 9.18 Å². The van der Waals surface area contributed by atoms with E-state index in [1.54, 1.807) is 34.5 Å². The Morgan fingerprint density at radius 3 is 2.82 bits per heavy atom. The van der Waals surface area contributed by atoms with Crippen LogP contribution in [0, 0.1) is 12.7 Å². The topological polar surface area (TPSA) is 81.8 Å². The maximum Gasteiger partial charge on any atom is 0.262 e. The van der Waals surface area contributed by atoms with Crippen molar-refractivity contribution in [3.63, 3.8) is 0 Å². The maximum atomic E-state index is 13.1. The van der Waals surface area contributed by atoms with E-state index < -0.39 is 0 Å². The molecule has 0 unspecified atom stereocenters. The minimum atomic E-state index is -0.314. The fourth-order valence-corrected chi connectivity index (χ4v) is 3.53. The zero-order valence-corrected chi connectivity index (χ0v) is 15.7. The van der Waals surface area contributed by atoms with E-state index in [4.69, 9.17) is 0 Å². The van der Waals surface area contributed by atoms with Gasteiger partial charge in [0.25, 0.3) is 5.56 Å². The Balaban J connectivity index is 1.44. The van der Waals surface area contributed by atoms with Gasteiger partial charge < -0.3 is 5.32 Å². The van der Waals surface area contributed by atoms with Crippen molar-refractivity contribution in [3.8, 4) is 5.69 Å². The molecule has 28 heavy (non-hydrogen) atoms. The van der Waals surface area contributed by atoms with Crippen molar-refractivity contribution in [1.29, 1.82) is 0 Å². The highest BCUT2D eigenvalue weighted by Crippen LogP contribution is 2.14. The lowest BCUT2D eigenvalue weighted by Gasteiger charge is -2.06. The molecular weight excluding hydrogens is 381 g/mol. The van der Waals surface area contributed by atoms with E-state index in [2.05, 4.69) is 15.4 Å². The number of benzene rings is 1. The van der Waals surface area contributed by atoms with Crippen LogP contribution < -0.4 is 10.9 Å². The summed E-state index contributed by atoms with van der Waals surface area (Å²) in [7, 11) is 0. The van der Waals surface area contributed by atoms with Gasteiger partial charge in [0.15, 0.2) is 0 Å². The molecular formula is C19H16FN5O2S. The molecule has 0 aliphatic rings. The number of aryl methyl sites for hydroxylation is 1. The molecule has 1 aromatic carbocycles. The predicted octanol–water partition coefficient (Wildman–Crippen LogP) is 2.41. The van der Waals surface area contributed by atoms with Crippen LogP contribution in [0.5, 0.6) is 0 Å². The van der Waals surface area contributed by atoms with Gasteiger partial charge in [-0.1, -0.05) is 0 Å². The van der Waals surface area contributed by atoms with Gasteiger partial charge in [0, 0.05) is 18.3 Å². The zero-order valence-electron chi connectivity index (χ0n) is 14.9. The summed E-state index contributed by atoms with van der Waals surface area (Å²) in [5.41, 5.74) is 2.07. The van der Waals surface area contributed by atoms with E-state index in [-0.39, 0.29) is 30.4 Å². The average Bonchev–Trinajstić information content (AvgIpc) is 3.30. The first-order valence-electron chi connectivity index (χ1n) is 8.52. The van der Waals surface area contributed by atoms with Crippen molar-refractivity contribution >= 4 is 27.5 Å². The molecule has 9 heteroatoms. The van der Waals surface area contributed by atoms with Gasteiger partial charge in [-0.25, -0.2) is 14.1 Å². The first kappa shape index (κ1) is 18.1. The molecule has 4 rings (SSSR count). The maximum absolute atomic E-state index is 13.1. The number of halogens is 1. The van der Waals surface area contributed by atoms with Crippen LogP contribution in [0.1, 0.15) is 11.3 Å². The Bertz CT molecular complexity index is 1210. The van der Waals surface area contributed by atoms with Gasteiger partial charge in [0.05, 0.1) is 23.1 Å². The van der Waals surface area contributed by atoms with Gasteiger partial charge in [-0.05, 0) is 42.6 Å². The quantitative estimate of drug-likeness (QED) is 0.561. The molecule has 142 valence electrons. The van der Waals surface area contributed by atoms with Crippen LogP contribution in [0.2, 0.25) is 0 Å². The van der Waals surface area contributed by atoms with Gasteiger partial charge in [-0.2, -0.15) is 5.10 Å². The van der Waals surface area contributed by atoms with Crippen molar-refractivity contribution in [1.82, 2.24) is 24.6 Å². The number of hydrogen-bond donors (Lipinski definition) is 1. The highest BCUT2D eigenvalue weighted by atomic mass is 32.1. The fourth-order valence-electron chi connectivity index (χ4n) is 2.81. The van der Waals surface area contributed by atoms with E-state index in [1.165, 1.54) is 34.4 Å². The number of nitrogens with one attached hydrogen (secondary N) is 1. The smallest absolute Gasteiger partial charge is 0.262 e. The number of carbonyl (C=O) groups is 1. The molecule has 0 saturated carbocycles. The molecule has 0 bridgehead atoms. The van der Waals surface area contributed by atoms with Crippen molar-refractivity contribution in [2.45, 2.75) is 20.0 Å².